The van der Waals surface area contributed by atoms with Crippen LogP contribution in [-0.4, -0.2) is 39.9 Å². The molecule has 132 valence electrons. The highest BCUT2D eigenvalue weighted by molar-refractivity contribution is 8.00. The van der Waals surface area contributed by atoms with Gasteiger partial charge in [-0.1, -0.05) is 17.8 Å². The van der Waals surface area contributed by atoms with Crippen LogP contribution in [0.15, 0.2) is 41.8 Å². The van der Waals surface area contributed by atoms with E-state index in [-0.39, 0.29) is 11.9 Å². The van der Waals surface area contributed by atoms with Crippen molar-refractivity contribution in [3.8, 4) is 11.4 Å². The number of nitrogens with zero attached hydrogens (tertiary/aromatic N) is 2. The molecule has 2 N–H and O–H groups in total. The topological polar surface area (TPSA) is 85.2 Å². The molecule has 8 heteroatoms. The Labute approximate surface area is 150 Å². The van der Waals surface area contributed by atoms with Gasteiger partial charge < -0.3 is 10.1 Å². The minimum Gasteiger partial charge on any atom is -0.497 e. The summed E-state index contributed by atoms with van der Waals surface area (Å²) in [5.74, 6) is 0.396. The van der Waals surface area contributed by atoms with Crippen LogP contribution in [0.1, 0.15) is 19.8 Å². The molecule has 1 fully saturated rings. The highest BCUT2D eigenvalue weighted by Gasteiger charge is 2.25. The third kappa shape index (κ3) is 4.54. The van der Waals surface area contributed by atoms with Crippen molar-refractivity contribution < 1.29 is 14.3 Å². The number of nitrogens with one attached hydrogen (secondary N) is 2. The zero-order valence-corrected chi connectivity index (χ0v) is 14.9. The third-order valence-corrected chi connectivity index (χ3v) is 4.82. The lowest BCUT2D eigenvalue weighted by atomic mass is 10.3. The molecule has 3 rings (SSSR count). The quantitative estimate of drug-likeness (QED) is 0.773. The van der Waals surface area contributed by atoms with Crippen molar-refractivity contribution in [1.82, 2.24) is 20.2 Å². The first-order valence-electron chi connectivity index (χ1n) is 8.02. The molecule has 1 aromatic carbocycles. The average Bonchev–Trinajstić information content (AvgIpc) is 3.29. The molecule has 1 heterocycles. The SMILES string of the molecule is COc1cccc(-n2ccnc2SC(C)C(=O)NC(=O)NC2CC2)c1. The Morgan fingerprint density at radius 2 is 2.20 bits per heavy atom. The van der Waals surface area contributed by atoms with Crippen molar-refractivity contribution in [3.63, 3.8) is 0 Å². The molecule has 1 aromatic heterocycles. The zero-order valence-electron chi connectivity index (χ0n) is 14.1. The van der Waals surface area contributed by atoms with Crippen molar-refractivity contribution >= 4 is 23.7 Å². The second-order valence-electron chi connectivity index (χ2n) is 5.78. The number of imidazole rings is 1. The number of hydrogen-bond donors (Lipinski definition) is 2. The maximum absolute atomic E-state index is 12.2. The van der Waals surface area contributed by atoms with Gasteiger partial charge in [0.05, 0.1) is 18.0 Å². The fourth-order valence-corrected chi connectivity index (χ4v) is 3.09. The van der Waals surface area contributed by atoms with E-state index in [1.165, 1.54) is 11.8 Å². The van der Waals surface area contributed by atoms with Gasteiger partial charge in [0.25, 0.3) is 0 Å². The van der Waals surface area contributed by atoms with Crippen LogP contribution in [-0.2, 0) is 4.79 Å². The van der Waals surface area contributed by atoms with Crippen molar-refractivity contribution in [2.75, 3.05) is 7.11 Å². The molecule has 7 nitrogen and oxygen atoms in total. The molecule has 0 aliphatic heterocycles. The number of ether oxygens (including phenoxy) is 1. The molecule has 1 atom stereocenters. The molecular formula is C17H20N4O3S. The minimum absolute atomic E-state index is 0.211. The van der Waals surface area contributed by atoms with Crippen molar-refractivity contribution in [3.05, 3.63) is 36.7 Å². The number of carbonyl (C=O) groups excluding carboxylic acids is 2. The van der Waals surface area contributed by atoms with E-state index in [4.69, 9.17) is 4.74 Å². The first-order valence-corrected chi connectivity index (χ1v) is 8.90. The number of carbonyl (C=O) groups is 2. The second-order valence-corrected chi connectivity index (χ2v) is 7.09. The van der Waals surface area contributed by atoms with Gasteiger partial charge in [-0.05, 0) is 31.9 Å². The summed E-state index contributed by atoms with van der Waals surface area (Å²) in [5, 5.41) is 5.31. The Kier molecular flexibility index (Phi) is 5.28. The smallest absolute Gasteiger partial charge is 0.321 e. The number of methoxy groups -OCH3 is 1. The number of aromatic nitrogens is 2. The van der Waals surface area contributed by atoms with E-state index in [1.54, 1.807) is 20.2 Å². The zero-order chi connectivity index (χ0) is 17.8. The van der Waals surface area contributed by atoms with Gasteiger partial charge in [-0.2, -0.15) is 0 Å². The summed E-state index contributed by atoms with van der Waals surface area (Å²) in [6, 6.07) is 7.35. The lowest BCUT2D eigenvalue weighted by Gasteiger charge is -2.13. The lowest BCUT2D eigenvalue weighted by molar-refractivity contribution is -0.119. The van der Waals surface area contributed by atoms with Gasteiger partial charge in [0.15, 0.2) is 5.16 Å². The average molecular weight is 360 g/mol. The molecule has 0 spiro atoms. The first kappa shape index (κ1) is 17.3. The second kappa shape index (κ2) is 7.60. The summed E-state index contributed by atoms with van der Waals surface area (Å²) < 4.78 is 7.12. The molecule has 1 aliphatic rings. The van der Waals surface area contributed by atoms with E-state index >= 15 is 0 Å². The van der Waals surface area contributed by atoms with Gasteiger partial charge >= 0.3 is 6.03 Å². The van der Waals surface area contributed by atoms with Crippen molar-refractivity contribution in [2.45, 2.75) is 36.2 Å². The number of hydrogen-bond acceptors (Lipinski definition) is 5. The number of thioether (sulfide) groups is 1. The normalized spacial score (nSPS) is 14.6. The van der Waals surface area contributed by atoms with Crippen LogP contribution in [0.3, 0.4) is 0 Å². The Morgan fingerprint density at radius 1 is 1.40 bits per heavy atom. The van der Waals surface area contributed by atoms with Gasteiger partial charge in [0, 0.05) is 24.5 Å². The van der Waals surface area contributed by atoms with Gasteiger partial charge in [-0.15, -0.1) is 0 Å². The predicted octanol–water partition coefficient (Wildman–Crippen LogP) is 2.35. The maximum Gasteiger partial charge on any atom is 0.321 e. The van der Waals surface area contributed by atoms with E-state index in [9.17, 15) is 9.59 Å². The maximum atomic E-state index is 12.2. The van der Waals surface area contributed by atoms with Crippen LogP contribution in [0.4, 0.5) is 4.79 Å². The number of imide groups is 1. The molecule has 2 aromatic rings. The molecule has 1 saturated carbocycles. The van der Waals surface area contributed by atoms with Crippen LogP contribution in [0, 0.1) is 0 Å². The number of urea groups is 1. The minimum atomic E-state index is -0.461. The Hall–Kier alpha value is -2.48. The molecule has 1 unspecified atom stereocenters. The predicted molar refractivity (Wildman–Crippen MR) is 95.1 cm³/mol. The number of benzene rings is 1. The Balaban J connectivity index is 1.65. The monoisotopic (exact) mass is 360 g/mol. The summed E-state index contributed by atoms with van der Waals surface area (Å²) >= 11 is 1.29. The van der Waals surface area contributed by atoms with Gasteiger partial charge in [0.2, 0.25) is 5.91 Å². The fraction of sp³-hybridized carbons (Fsp3) is 0.353. The summed E-state index contributed by atoms with van der Waals surface area (Å²) in [7, 11) is 1.61. The summed E-state index contributed by atoms with van der Waals surface area (Å²) in [6.07, 6.45) is 5.45. The summed E-state index contributed by atoms with van der Waals surface area (Å²) in [5.41, 5.74) is 0.887. The number of rotatable bonds is 6. The van der Waals surface area contributed by atoms with E-state index in [0.29, 0.717) is 5.16 Å². The lowest BCUT2D eigenvalue weighted by Crippen LogP contribution is -2.43. The highest BCUT2D eigenvalue weighted by Crippen LogP contribution is 2.26. The third-order valence-electron chi connectivity index (χ3n) is 3.74. The van der Waals surface area contributed by atoms with Crippen molar-refractivity contribution in [1.29, 1.82) is 0 Å². The summed E-state index contributed by atoms with van der Waals surface area (Å²) in [4.78, 5) is 28.2. The van der Waals surface area contributed by atoms with E-state index < -0.39 is 11.3 Å². The number of amides is 3. The van der Waals surface area contributed by atoms with Crippen LogP contribution in [0.25, 0.3) is 5.69 Å². The van der Waals surface area contributed by atoms with Gasteiger partial charge in [0.1, 0.15) is 5.75 Å². The van der Waals surface area contributed by atoms with E-state index in [2.05, 4.69) is 15.6 Å². The van der Waals surface area contributed by atoms with E-state index in [1.807, 2.05) is 35.0 Å². The van der Waals surface area contributed by atoms with E-state index in [0.717, 1.165) is 24.3 Å². The summed E-state index contributed by atoms with van der Waals surface area (Å²) in [6.45, 7) is 1.75. The largest absolute Gasteiger partial charge is 0.497 e. The molecule has 0 saturated heterocycles. The molecule has 1 aliphatic carbocycles. The van der Waals surface area contributed by atoms with Crippen molar-refractivity contribution in [2.24, 2.45) is 0 Å². The van der Waals surface area contributed by atoms with Crippen LogP contribution in [0.5, 0.6) is 5.75 Å². The van der Waals surface area contributed by atoms with Crippen LogP contribution >= 0.6 is 11.8 Å². The van der Waals surface area contributed by atoms with Crippen LogP contribution < -0.4 is 15.4 Å². The first-order chi connectivity index (χ1) is 12.1. The molecule has 3 amide bonds. The highest BCUT2D eigenvalue weighted by atomic mass is 32.2. The van der Waals surface area contributed by atoms with Crippen LogP contribution in [0.2, 0.25) is 0 Å². The molecule has 0 bridgehead atoms. The van der Waals surface area contributed by atoms with Gasteiger partial charge in [-0.25, -0.2) is 9.78 Å². The Morgan fingerprint density at radius 3 is 2.92 bits per heavy atom. The van der Waals surface area contributed by atoms with Gasteiger partial charge in [-0.3, -0.25) is 14.7 Å². The standard InChI is InChI=1S/C17H20N4O3S/c1-11(15(22)20-16(23)19-12-6-7-12)25-17-18-8-9-21(17)13-4-3-5-14(10-13)24-2/h3-5,8-12H,6-7H2,1-2H3,(H2,19,20,22,23). The fourth-order valence-electron chi connectivity index (χ4n) is 2.21. The molecule has 0 radical (unpaired) electrons. The Bertz CT molecular complexity index is 773. The molecule has 25 heavy (non-hydrogen) atoms. The molecular weight excluding hydrogens is 340 g/mol.